The molecular weight excluding hydrogens is 192 g/mol. The van der Waals surface area contributed by atoms with E-state index in [0.29, 0.717) is 11.8 Å². The summed E-state index contributed by atoms with van der Waals surface area (Å²) in [4.78, 5) is 11.9. The zero-order chi connectivity index (χ0) is 11.0. The molecule has 4 N–H and O–H groups in total. The summed E-state index contributed by atoms with van der Waals surface area (Å²) in [6, 6.07) is -0.126. The molecule has 2 rings (SSSR count). The van der Waals surface area contributed by atoms with Crippen LogP contribution in [0.25, 0.3) is 0 Å². The Morgan fingerprint density at radius 1 is 1.53 bits per heavy atom. The van der Waals surface area contributed by atoms with Crippen LogP contribution in [0.1, 0.15) is 26.2 Å². The zero-order valence-corrected chi connectivity index (χ0v) is 9.15. The van der Waals surface area contributed by atoms with Gasteiger partial charge < -0.3 is 16.2 Å². The zero-order valence-electron chi connectivity index (χ0n) is 9.15. The predicted octanol–water partition coefficient (Wildman–Crippen LogP) is -0.143. The van der Waals surface area contributed by atoms with Gasteiger partial charge in [-0.15, -0.1) is 0 Å². The molecule has 4 heteroatoms. The molecule has 5 unspecified atom stereocenters. The lowest BCUT2D eigenvalue weighted by Crippen LogP contribution is -2.48. The number of fused-ring (bicyclic) bond motifs is 2. The lowest BCUT2D eigenvalue weighted by Gasteiger charge is -2.28. The standard InChI is InChI=1S/C11H20N2O2/c1-6(5-14)13-11(15)9-7-2-3-8(4-7)10(9)12/h6-10,14H,2-5,12H2,1H3,(H,13,15). The molecule has 0 aromatic heterocycles. The van der Waals surface area contributed by atoms with Gasteiger partial charge in [0.05, 0.1) is 12.5 Å². The minimum Gasteiger partial charge on any atom is -0.394 e. The van der Waals surface area contributed by atoms with E-state index < -0.39 is 0 Å². The molecule has 2 saturated carbocycles. The SMILES string of the molecule is CC(CO)NC(=O)C1C2CCC(C2)C1N. The first kappa shape index (κ1) is 10.9. The van der Waals surface area contributed by atoms with Crippen molar-refractivity contribution in [1.29, 1.82) is 0 Å². The van der Waals surface area contributed by atoms with Gasteiger partial charge in [-0.2, -0.15) is 0 Å². The Morgan fingerprint density at radius 2 is 2.20 bits per heavy atom. The molecule has 0 spiro atoms. The molecule has 0 heterocycles. The fourth-order valence-electron chi connectivity index (χ4n) is 3.11. The normalized spacial score (nSPS) is 40.5. The second-order valence-corrected chi connectivity index (χ2v) is 5.03. The van der Waals surface area contributed by atoms with E-state index in [1.807, 2.05) is 0 Å². The maximum absolute atomic E-state index is 11.9. The molecule has 0 aliphatic heterocycles. The molecule has 2 aliphatic carbocycles. The van der Waals surface area contributed by atoms with Crippen LogP contribution in [0.5, 0.6) is 0 Å². The summed E-state index contributed by atoms with van der Waals surface area (Å²) in [7, 11) is 0. The highest BCUT2D eigenvalue weighted by Crippen LogP contribution is 2.47. The van der Waals surface area contributed by atoms with E-state index in [1.54, 1.807) is 6.92 Å². The van der Waals surface area contributed by atoms with Crippen molar-refractivity contribution >= 4 is 5.91 Å². The van der Waals surface area contributed by atoms with E-state index in [1.165, 1.54) is 6.42 Å². The van der Waals surface area contributed by atoms with Crippen molar-refractivity contribution in [3.05, 3.63) is 0 Å². The van der Waals surface area contributed by atoms with Crippen LogP contribution >= 0.6 is 0 Å². The fourth-order valence-corrected chi connectivity index (χ4v) is 3.11. The predicted molar refractivity (Wildman–Crippen MR) is 57.0 cm³/mol. The largest absolute Gasteiger partial charge is 0.394 e. The van der Waals surface area contributed by atoms with Gasteiger partial charge in [0.25, 0.3) is 0 Å². The highest BCUT2D eigenvalue weighted by Gasteiger charge is 2.49. The molecule has 0 aromatic rings. The number of carbonyl (C=O) groups excluding carboxylic acids is 1. The van der Waals surface area contributed by atoms with Gasteiger partial charge in [0, 0.05) is 12.1 Å². The van der Waals surface area contributed by atoms with Crippen LogP contribution in [0.2, 0.25) is 0 Å². The van der Waals surface area contributed by atoms with Gasteiger partial charge in [0.2, 0.25) is 5.91 Å². The maximum Gasteiger partial charge on any atom is 0.225 e. The number of nitrogens with one attached hydrogen (secondary N) is 1. The van der Waals surface area contributed by atoms with Crippen molar-refractivity contribution in [2.24, 2.45) is 23.5 Å². The lowest BCUT2D eigenvalue weighted by molar-refractivity contribution is -0.127. The monoisotopic (exact) mass is 212 g/mol. The maximum atomic E-state index is 11.9. The topological polar surface area (TPSA) is 75.3 Å². The summed E-state index contributed by atoms with van der Waals surface area (Å²) in [5.74, 6) is 1.06. The molecule has 2 fully saturated rings. The summed E-state index contributed by atoms with van der Waals surface area (Å²) >= 11 is 0. The molecule has 86 valence electrons. The van der Waals surface area contributed by atoms with E-state index in [-0.39, 0.29) is 30.5 Å². The third-order valence-corrected chi connectivity index (χ3v) is 3.95. The van der Waals surface area contributed by atoms with Crippen molar-refractivity contribution in [1.82, 2.24) is 5.32 Å². The van der Waals surface area contributed by atoms with Crippen LogP contribution in [0.15, 0.2) is 0 Å². The molecule has 2 aliphatic rings. The average Bonchev–Trinajstić information content (AvgIpc) is 2.77. The number of carbonyl (C=O) groups is 1. The second kappa shape index (κ2) is 4.10. The Bertz CT molecular complexity index is 255. The average molecular weight is 212 g/mol. The summed E-state index contributed by atoms with van der Waals surface area (Å²) in [5.41, 5.74) is 6.06. The van der Waals surface area contributed by atoms with Crippen LogP contribution in [-0.2, 0) is 4.79 Å². The Kier molecular flexibility index (Phi) is 2.98. The molecule has 0 radical (unpaired) electrons. The third-order valence-electron chi connectivity index (χ3n) is 3.95. The van der Waals surface area contributed by atoms with E-state index >= 15 is 0 Å². The fraction of sp³-hybridized carbons (Fsp3) is 0.909. The first-order chi connectivity index (χ1) is 7.13. The molecule has 0 aromatic carbocycles. The van der Waals surface area contributed by atoms with Gasteiger partial charge in [-0.3, -0.25) is 4.79 Å². The Labute approximate surface area is 90.2 Å². The molecule has 2 bridgehead atoms. The van der Waals surface area contributed by atoms with Crippen molar-refractivity contribution in [3.63, 3.8) is 0 Å². The number of hydrogen-bond acceptors (Lipinski definition) is 3. The summed E-state index contributed by atoms with van der Waals surface area (Å²) in [5, 5.41) is 11.7. The van der Waals surface area contributed by atoms with Gasteiger partial charge in [0.15, 0.2) is 0 Å². The minimum atomic E-state index is -0.163. The van der Waals surface area contributed by atoms with E-state index in [2.05, 4.69) is 5.32 Å². The highest BCUT2D eigenvalue weighted by molar-refractivity contribution is 5.80. The summed E-state index contributed by atoms with van der Waals surface area (Å²) in [6.07, 6.45) is 3.45. The van der Waals surface area contributed by atoms with E-state index in [0.717, 1.165) is 12.8 Å². The van der Waals surface area contributed by atoms with Gasteiger partial charge in [0.1, 0.15) is 0 Å². The Morgan fingerprint density at radius 3 is 2.73 bits per heavy atom. The Hall–Kier alpha value is -0.610. The Balaban J connectivity index is 1.96. The molecule has 0 saturated heterocycles. The summed E-state index contributed by atoms with van der Waals surface area (Å²) in [6.45, 7) is 1.79. The second-order valence-electron chi connectivity index (χ2n) is 5.03. The van der Waals surface area contributed by atoms with E-state index in [4.69, 9.17) is 10.8 Å². The number of aliphatic hydroxyl groups is 1. The molecule has 1 amide bonds. The van der Waals surface area contributed by atoms with Gasteiger partial charge in [-0.1, -0.05) is 0 Å². The van der Waals surface area contributed by atoms with Crippen LogP contribution < -0.4 is 11.1 Å². The molecule has 15 heavy (non-hydrogen) atoms. The van der Waals surface area contributed by atoms with Gasteiger partial charge in [-0.05, 0) is 38.0 Å². The number of nitrogens with two attached hydrogens (primary N) is 1. The number of amides is 1. The number of hydrogen-bond donors (Lipinski definition) is 3. The quantitative estimate of drug-likeness (QED) is 0.609. The van der Waals surface area contributed by atoms with Gasteiger partial charge >= 0.3 is 0 Å². The smallest absolute Gasteiger partial charge is 0.225 e. The minimum absolute atomic E-state index is 0.0121. The van der Waals surface area contributed by atoms with Crippen molar-refractivity contribution in [2.75, 3.05) is 6.61 Å². The molecule has 4 nitrogen and oxygen atoms in total. The van der Waals surface area contributed by atoms with Crippen LogP contribution in [0.4, 0.5) is 0 Å². The number of rotatable bonds is 3. The van der Waals surface area contributed by atoms with Crippen molar-refractivity contribution in [2.45, 2.75) is 38.3 Å². The molecule has 5 atom stereocenters. The van der Waals surface area contributed by atoms with Crippen LogP contribution in [0, 0.1) is 17.8 Å². The first-order valence-corrected chi connectivity index (χ1v) is 5.80. The third kappa shape index (κ3) is 1.88. The summed E-state index contributed by atoms with van der Waals surface area (Å²) < 4.78 is 0. The molecular formula is C11H20N2O2. The lowest BCUT2D eigenvalue weighted by atomic mass is 9.84. The number of aliphatic hydroxyl groups excluding tert-OH is 1. The highest BCUT2D eigenvalue weighted by atomic mass is 16.3. The van der Waals surface area contributed by atoms with Crippen LogP contribution in [-0.4, -0.2) is 29.7 Å². The first-order valence-electron chi connectivity index (χ1n) is 5.80. The van der Waals surface area contributed by atoms with Gasteiger partial charge in [-0.25, -0.2) is 0 Å². The van der Waals surface area contributed by atoms with Crippen molar-refractivity contribution < 1.29 is 9.90 Å². The van der Waals surface area contributed by atoms with Crippen LogP contribution in [0.3, 0.4) is 0 Å². The van der Waals surface area contributed by atoms with E-state index in [9.17, 15) is 4.79 Å². The van der Waals surface area contributed by atoms with Crippen molar-refractivity contribution in [3.8, 4) is 0 Å².